The summed E-state index contributed by atoms with van der Waals surface area (Å²) in [6.07, 6.45) is -3.51. The summed E-state index contributed by atoms with van der Waals surface area (Å²) >= 11 is 5.75. The molecule has 3 rings (SSSR count). The smallest absolute Gasteiger partial charge is 0.417 e. The number of carboxylic acid groups (broad SMARTS) is 1. The number of aliphatic carboxylic acids is 1. The number of nitrogens with zero attached hydrogens (tertiary/aromatic N) is 2. The Balaban J connectivity index is 2.15. The van der Waals surface area contributed by atoms with E-state index >= 15 is 0 Å². The molecule has 1 fully saturated rings. The summed E-state index contributed by atoms with van der Waals surface area (Å²) < 4.78 is 40.0. The van der Waals surface area contributed by atoms with Gasteiger partial charge in [0.1, 0.15) is 6.04 Å². The molecule has 1 N–H and O–H groups in total. The molecule has 27 heavy (non-hydrogen) atoms. The van der Waals surface area contributed by atoms with E-state index in [0.29, 0.717) is 36.3 Å². The lowest BCUT2D eigenvalue weighted by Gasteiger charge is -2.31. The zero-order valence-electron chi connectivity index (χ0n) is 14.5. The summed E-state index contributed by atoms with van der Waals surface area (Å²) in [6.45, 7) is 2.24. The van der Waals surface area contributed by atoms with Crippen molar-refractivity contribution in [1.82, 2.24) is 9.88 Å². The van der Waals surface area contributed by atoms with Crippen LogP contribution in [0.25, 0.3) is 0 Å². The van der Waals surface area contributed by atoms with Crippen LogP contribution in [-0.2, 0) is 11.0 Å². The zero-order chi connectivity index (χ0) is 19.8. The van der Waals surface area contributed by atoms with Crippen LogP contribution in [-0.4, -0.2) is 33.5 Å². The molecule has 0 saturated carbocycles. The fraction of sp³-hybridized carbons (Fsp3) is 0.368. The molecule has 1 aromatic carbocycles. The van der Waals surface area contributed by atoms with Gasteiger partial charge < -0.3 is 5.11 Å². The highest BCUT2D eigenvalue weighted by atomic mass is 35.5. The Bertz CT molecular complexity index is 857. The second-order valence-corrected chi connectivity index (χ2v) is 6.98. The number of hydrogen-bond acceptors (Lipinski definition) is 3. The van der Waals surface area contributed by atoms with Gasteiger partial charge >= 0.3 is 12.1 Å². The van der Waals surface area contributed by atoms with Gasteiger partial charge in [-0.15, -0.1) is 0 Å². The van der Waals surface area contributed by atoms with E-state index in [9.17, 15) is 23.1 Å². The number of aryl methyl sites for hydroxylation is 1. The number of benzene rings is 1. The first-order chi connectivity index (χ1) is 12.7. The quantitative estimate of drug-likeness (QED) is 0.811. The predicted octanol–water partition coefficient (Wildman–Crippen LogP) is 4.70. The van der Waals surface area contributed by atoms with Crippen LogP contribution in [0.2, 0.25) is 5.02 Å². The monoisotopic (exact) mass is 398 g/mol. The van der Waals surface area contributed by atoms with Crippen LogP contribution in [0.5, 0.6) is 0 Å². The fourth-order valence-corrected chi connectivity index (χ4v) is 3.77. The van der Waals surface area contributed by atoms with Crippen LogP contribution in [0.4, 0.5) is 13.2 Å². The largest absolute Gasteiger partial charge is 0.480 e. The van der Waals surface area contributed by atoms with Crippen LogP contribution >= 0.6 is 11.6 Å². The molecule has 0 bridgehead atoms. The first kappa shape index (κ1) is 19.6. The molecular weight excluding hydrogens is 381 g/mol. The maximum atomic E-state index is 13.3. The molecule has 0 aliphatic carbocycles. The number of halogens is 4. The van der Waals surface area contributed by atoms with Crippen molar-refractivity contribution < 1.29 is 23.1 Å². The van der Waals surface area contributed by atoms with E-state index in [0.717, 1.165) is 6.07 Å². The van der Waals surface area contributed by atoms with Crippen molar-refractivity contribution in [3.63, 3.8) is 0 Å². The summed E-state index contributed by atoms with van der Waals surface area (Å²) in [7, 11) is 0. The number of hydrogen-bond donors (Lipinski definition) is 1. The number of carboxylic acids is 1. The van der Waals surface area contributed by atoms with Crippen LogP contribution in [0.15, 0.2) is 36.4 Å². The highest BCUT2D eigenvalue weighted by molar-refractivity contribution is 6.31. The Morgan fingerprint density at radius 2 is 2.07 bits per heavy atom. The third-order valence-electron chi connectivity index (χ3n) is 4.71. The van der Waals surface area contributed by atoms with Gasteiger partial charge in [0.15, 0.2) is 0 Å². The number of alkyl halides is 3. The molecule has 0 amide bonds. The Kier molecular flexibility index (Phi) is 5.44. The minimum atomic E-state index is -4.60. The number of rotatable bonds is 4. The van der Waals surface area contributed by atoms with Gasteiger partial charge in [-0.2, -0.15) is 13.2 Å². The van der Waals surface area contributed by atoms with Gasteiger partial charge in [0.05, 0.1) is 22.3 Å². The predicted molar refractivity (Wildman–Crippen MR) is 94.6 cm³/mol. The zero-order valence-corrected chi connectivity index (χ0v) is 15.3. The van der Waals surface area contributed by atoms with Crippen molar-refractivity contribution in [3.8, 4) is 0 Å². The second-order valence-electron chi connectivity index (χ2n) is 6.58. The second kappa shape index (κ2) is 7.48. The van der Waals surface area contributed by atoms with Gasteiger partial charge in [-0.05, 0) is 49.6 Å². The van der Waals surface area contributed by atoms with E-state index in [-0.39, 0.29) is 0 Å². The van der Waals surface area contributed by atoms with Crippen molar-refractivity contribution in [2.24, 2.45) is 0 Å². The molecule has 144 valence electrons. The Morgan fingerprint density at radius 3 is 2.70 bits per heavy atom. The maximum Gasteiger partial charge on any atom is 0.417 e. The Hall–Kier alpha value is -2.12. The minimum Gasteiger partial charge on any atom is -0.480 e. The van der Waals surface area contributed by atoms with E-state index in [1.165, 1.54) is 12.1 Å². The molecule has 1 aliphatic heterocycles. The number of likely N-dealkylation sites (tertiary alicyclic amines) is 1. The lowest BCUT2D eigenvalue weighted by Crippen LogP contribution is -2.39. The normalized spacial score (nSPS) is 19.2. The third-order valence-corrected chi connectivity index (χ3v) is 5.04. The molecule has 4 nitrogen and oxygen atoms in total. The summed E-state index contributed by atoms with van der Waals surface area (Å²) in [5.41, 5.74) is 0.593. The van der Waals surface area contributed by atoms with E-state index in [1.54, 1.807) is 30.0 Å². The number of aromatic nitrogens is 1. The summed E-state index contributed by atoms with van der Waals surface area (Å²) in [6, 6.07) is 7.47. The van der Waals surface area contributed by atoms with Gasteiger partial charge in [-0.1, -0.05) is 23.7 Å². The molecule has 2 aromatic rings. The molecule has 2 unspecified atom stereocenters. The Labute approximate surface area is 159 Å². The third kappa shape index (κ3) is 4.09. The summed E-state index contributed by atoms with van der Waals surface area (Å²) in [5.74, 6) is -0.991. The van der Waals surface area contributed by atoms with Gasteiger partial charge in [-0.25, -0.2) is 0 Å². The van der Waals surface area contributed by atoms with Crippen molar-refractivity contribution >= 4 is 17.6 Å². The molecule has 0 radical (unpaired) electrons. The first-order valence-electron chi connectivity index (χ1n) is 8.47. The Morgan fingerprint density at radius 1 is 1.33 bits per heavy atom. The van der Waals surface area contributed by atoms with E-state index in [4.69, 9.17) is 11.6 Å². The lowest BCUT2D eigenvalue weighted by atomic mass is 9.97. The van der Waals surface area contributed by atoms with Crippen LogP contribution in [0.3, 0.4) is 0 Å². The molecule has 1 saturated heterocycles. The molecule has 0 spiro atoms. The molecule has 1 aromatic heterocycles. The lowest BCUT2D eigenvalue weighted by molar-refractivity contribution is -0.143. The van der Waals surface area contributed by atoms with Gasteiger partial charge in [0, 0.05) is 12.2 Å². The van der Waals surface area contributed by atoms with Crippen molar-refractivity contribution in [2.75, 3.05) is 6.54 Å². The van der Waals surface area contributed by atoms with E-state index in [2.05, 4.69) is 4.98 Å². The summed E-state index contributed by atoms with van der Waals surface area (Å²) in [5, 5.41) is 9.16. The van der Waals surface area contributed by atoms with Crippen LogP contribution in [0, 0.1) is 6.92 Å². The molecular formula is C19H18ClF3N2O2. The van der Waals surface area contributed by atoms with E-state index in [1.807, 2.05) is 0 Å². The van der Waals surface area contributed by atoms with Gasteiger partial charge in [0.2, 0.25) is 0 Å². The standard InChI is InChI=1S/C19H18ClF3N2O2/c1-11-4-2-5-15(24-11)17(25-9-3-6-16(25)18(26)27)12-7-8-14(20)13(10-12)19(21,22)23/h2,4-5,7-8,10,16-17H,3,6,9H2,1H3,(H,26,27). The molecule has 2 heterocycles. The van der Waals surface area contributed by atoms with Gasteiger partial charge in [0.25, 0.3) is 0 Å². The molecule has 2 atom stereocenters. The van der Waals surface area contributed by atoms with Crippen molar-refractivity contribution in [3.05, 3.63) is 63.9 Å². The number of pyridine rings is 1. The minimum absolute atomic E-state index is 0.318. The average molecular weight is 399 g/mol. The highest BCUT2D eigenvalue weighted by Crippen LogP contribution is 2.40. The van der Waals surface area contributed by atoms with Crippen molar-refractivity contribution in [2.45, 2.75) is 38.0 Å². The van der Waals surface area contributed by atoms with E-state index < -0.39 is 34.8 Å². The fourth-order valence-electron chi connectivity index (χ4n) is 3.54. The average Bonchev–Trinajstić information content (AvgIpc) is 3.05. The number of carbonyl (C=O) groups is 1. The van der Waals surface area contributed by atoms with Gasteiger partial charge in [-0.3, -0.25) is 14.7 Å². The first-order valence-corrected chi connectivity index (χ1v) is 8.85. The molecule has 8 heteroatoms. The molecule has 1 aliphatic rings. The summed E-state index contributed by atoms with van der Waals surface area (Å²) in [4.78, 5) is 17.8. The highest BCUT2D eigenvalue weighted by Gasteiger charge is 2.39. The maximum absolute atomic E-state index is 13.3. The van der Waals surface area contributed by atoms with Crippen molar-refractivity contribution in [1.29, 1.82) is 0 Å². The SMILES string of the molecule is Cc1cccc(C(c2ccc(Cl)c(C(F)(F)F)c2)N2CCCC2C(=O)O)n1. The topological polar surface area (TPSA) is 53.4 Å². The van der Waals surface area contributed by atoms with Crippen LogP contribution in [0.1, 0.15) is 41.4 Å². The van der Waals surface area contributed by atoms with Crippen LogP contribution < -0.4 is 0 Å².